The maximum Gasteiger partial charge on any atom is 0.242 e. The average molecular weight is 265 g/mol. The van der Waals surface area contributed by atoms with E-state index < -0.39 is 0 Å². The second-order valence-electron chi connectivity index (χ2n) is 3.94. The van der Waals surface area contributed by atoms with E-state index in [9.17, 15) is 0 Å². The van der Waals surface area contributed by atoms with Crippen LogP contribution in [0.5, 0.6) is 5.88 Å². The molecule has 0 unspecified atom stereocenters. The van der Waals surface area contributed by atoms with E-state index in [-0.39, 0.29) is 6.10 Å². The van der Waals surface area contributed by atoms with E-state index in [1.165, 1.54) is 6.33 Å². The molecule has 18 heavy (non-hydrogen) atoms. The second-order valence-corrected chi connectivity index (χ2v) is 4.66. The van der Waals surface area contributed by atoms with Crippen LogP contribution in [0.4, 0.5) is 11.5 Å². The number of nitrogens with one attached hydrogen (secondary N) is 1. The summed E-state index contributed by atoms with van der Waals surface area (Å²) in [5, 5.41) is 5.09. The Balaban J connectivity index is 2.08. The highest BCUT2D eigenvalue weighted by Gasteiger charge is 2.10. The number of hydrogen-bond donors (Lipinski definition) is 2. The van der Waals surface area contributed by atoms with Gasteiger partial charge in [0, 0.05) is 5.38 Å². The van der Waals surface area contributed by atoms with Gasteiger partial charge in [0.1, 0.15) is 12.0 Å². The minimum atomic E-state index is 0.0218. The molecule has 6 nitrogen and oxygen atoms in total. The first-order chi connectivity index (χ1) is 8.66. The van der Waals surface area contributed by atoms with Gasteiger partial charge in [-0.15, -0.1) is 11.3 Å². The Hall–Kier alpha value is -1.89. The van der Waals surface area contributed by atoms with Crippen LogP contribution < -0.4 is 15.8 Å². The number of nitrogens with two attached hydrogens (primary N) is 1. The van der Waals surface area contributed by atoms with E-state index in [1.54, 1.807) is 16.8 Å². The van der Waals surface area contributed by atoms with E-state index in [1.807, 2.05) is 19.2 Å². The van der Waals surface area contributed by atoms with Crippen LogP contribution in [0.3, 0.4) is 0 Å². The molecule has 0 spiro atoms. The lowest BCUT2D eigenvalue weighted by Gasteiger charge is -2.13. The van der Waals surface area contributed by atoms with Crippen LogP contribution in [-0.4, -0.2) is 21.1 Å². The molecule has 3 N–H and O–H groups in total. The Morgan fingerprint density at radius 3 is 2.89 bits per heavy atom. The third-order valence-corrected chi connectivity index (χ3v) is 2.75. The van der Waals surface area contributed by atoms with Crippen molar-refractivity contribution in [3.8, 4) is 5.88 Å². The Morgan fingerprint density at radius 2 is 2.22 bits per heavy atom. The molecule has 0 fully saturated rings. The Labute approximate surface area is 109 Å². The zero-order valence-corrected chi connectivity index (χ0v) is 11.1. The van der Waals surface area contributed by atoms with Gasteiger partial charge in [-0.25, -0.2) is 9.97 Å². The number of aromatic nitrogens is 3. The minimum Gasteiger partial charge on any atom is -0.473 e. The highest BCUT2D eigenvalue weighted by molar-refractivity contribution is 7.07. The number of anilines is 2. The van der Waals surface area contributed by atoms with Crippen molar-refractivity contribution < 1.29 is 4.74 Å². The van der Waals surface area contributed by atoms with Gasteiger partial charge in [-0.05, 0) is 13.8 Å². The van der Waals surface area contributed by atoms with Gasteiger partial charge in [-0.1, -0.05) is 0 Å². The first-order valence-electron chi connectivity index (χ1n) is 5.55. The van der Waals surface area contributed by atoms with Gasteiger partial charge in [0.15, 0.2) is 5.82 Å². The number of rotatable bonds is 5. The topological polar surface area (TPSA) is 86.0 Å². The maximum atomic E-state index is 5.94. The minimum absolute atomic E-state index is 0.0218. The highest BCUT2D eigenvalue weighted by atomic mass is 32.1. The van der Waals surface area contributed by atoms with Gasteiger partial charge in [0.25, 0.3) is 0 Å². The molecule has 0 bridgehead atoms. The maximum absolute atomic E-state index is 5.94. The first-order valence-corrected chi connectivity index (χ1v) is 6.49. The van der Waals surface area contributed by atoms with E-state index >= 15 is 0 Å². The summed E-state index contributed by atoms with van der Waals surface area (Å²) in [6.07, 6.45) is 1.45. The number of ether oxygens (including phenoxy) is 1. The van der Waals surface area contributed by atoms with Crippen LogP contribution in [0.1, 0.15) is 19.5 Å². The molecule has 0 saturated heterocycles. The van der Waals surface area contributed by atoms with Gasteiger partial charge >= 0.3 is 0 Å². The summed E-state index contributed by atoms with van der Waals surface area (Å²) in [4.78, 5) is 12.3. The van der Waals surface area contributed by atoms with Crippen molar-refractivity contribution >= 4 is 22.8 Å². The molecule has 0 aromatic carbocycles. The van der Waals surface area contributed by atoms with Crippen LogP contribution in [0, 0.1) is 0 Å². The zero-order chi connectivity index (χ0) is 13.0. The third-order valence-electron chi connectivity index (χ3n) is 2.12. The SMILES string of the molecule is CC(C)Oc1ncnc(NCc2cscn2)c1N. The zero-order valence-electron chi connectivity index (χ0n) is 10.3. The predicted molar refractivity (Wildman–Crippen MR) is 71.6 cm³/mol. The van der Waals surface area contributed by atoms with Crippen LogP contribution >= 0.6 is 11.3 Å². The number of hydrogen-bond acceptors (Lipinski definition) is 7. The van der Waals surface area contributed by atoms with Gasteiger partial charge in [-0.2, -0.15) is 4.98 Å². The highest BCUT2D eigenvalue weighted by Crippen LogP contribution is 2.25. The third kappa shape index (κ3) is 3.07. The van der Waals surface area contributed by atoms with Gasteiger partial charge < -0.3 is 15.8 Å². The molecule has 2 heterocycles. The molecule has 0 aliphatic carbocycles. The molecule has 0 atom stereocenters. The second kappa shape index (κ2) is 5.63. The molecule has 0 radical (unpaired) electrons. The Kier molecular flexibility index (Phi) is 3.93. The van der Waals surface area contributed by atoms with Gasteiger partial charge in [0.05, 0.1) is 23.9 Å². The predicted octanol–water partition coefficient (Wildman–Crippen LogP) is 1.91. The fourth-order valence-electron chi connectivity index (χ4n) is 1.34. The Bertz CT molecular complexity index is 500. The number of nitrogen functional groups attached to an aromatic ring is 1. The summed E-state index contributed by atoms with van der Waals surface area (Å²) in [5.74, 6) is 0.967. The Morgan fingerprint density at radius 1 is 1.39 bits per heavy atom. The van der Waals surface area contributed by atoms with Crippen molar-refractivity contribution in [1.29, 1.82) is 0 Å². The van der Waals surface area contributed by atoms with E-state index in [2.05, 4.69) is 20.3 Å². The van der Waals surface area contributed by atoms with Crippen molar-refractivity contribution in [1.82, 2.24) is 15.0 Å². The van der Waals surface area contributed by atoms with Crippen LogP contribution in [-0.2, 0) is 6.54 Å². The van der Waals surface area contributed by atoms with Crippen molar-refractivity contribution in [3.63, 3.8) is 0 Å². The summed E-state index contributed by atoms with van der Waals surface area (Å²) in [6, 6.07) is 0. The molecule has 0 amide bonds. The lowest BCUT2D eigenvalue weighted by Crippen LogP contribution is -2.12. The van der Waals surface area contributed by atoms with Crippen molar-refractivity contribution in [2.45, 2.75) is 26.5 Å². The molecule has 0 saturated carbocycles. The standard InChI is InChI=1S/C11H15N5OS/c1-7(2)17-11-9(12)10(14-5-15-11)13-3-8-4-18-6-16-8/h4-7H,3,12H2,1-2H3,(H,13,14,15). The first kappa shape index (κ1) is 12.6. The van der Waals surface area contributed by atoms with Gasteiger partial charge in [-0.3, -0.25) is 0 Å². The van der Waals surface area contributed by atoms with Gasteiger partial charge in [0.2, 0.25) is 5.88 Å². The molecule has 96 valence electrons. The summed E-state index contributed by atoms with van der Waals surface area (Å²) in [7, 11) is 0. The molecule has 0 aliphatic rings. The quantitative estimate of drug-likeness (QED) is 0.859. The van der Waals surface area contributed by atoms with Crippen LogP contribution in [0.25, 0.3) is 0 Å². The molecule has 2 aromatic heterocycles. The lowest BCUT2D eigenvalue weighted by molar-refractivity contribution is 0.234. The monoisotopic (exact) mass is 265 g/mol. The fraction of sp³-hybridized carbons (Fsp3) is 0.364. The summed E-state index contributed by atoms with van der Waals surface area (Å²) < 4.78 is 5.49. The van der Waals surface area contributed by atoms with E-state index in [4.69, 9.17) is 10.5 Å². The largest absolute Gasteiger partial charge is 0.473 e. The average Bonchev–Trinajstić information content (AvgIpc) is 2.83. The van der Waals surface area contributed by atoms with E-state index in [0.29, 0.717) is 23.9 Å². The summed E-state index contributed by atoms with van der Waals surface area (Å²) >= 11 is 1.55. The summed E-state index contributed by atoms with van der Waals surface area (Å²) in [5.41, 5.74) is 9.09. The number of thiazole rings is 1. The van der Waals surface area contributed by atoms with Crippen molar-refractivity contribution in [2.24, 2.45) is 0 Å². The molecular formula is C11H15N5OS. The fourth-order valence-corrected chi connectivity index (χ4v) is 1.89. The molecule has 7 heteroatoms. The number of nitrogens with zero attached hydrogens (tertiary/aromatic N) is 3. The van der Waals surface area contributed by atoms with Crippen molar-refractivity contribution in [3.05, 3.63) is 22.9 Å². The molecular weight excluding hydrogens is 250 g/mol. The normalized spacial score (nSPS) is 10.6. The molecule has 2 rings (SSSR count). The van der Waals surface area contributed by atoms with Crippen LogP contribution in [0.2, 0.25) is 0 Å². The van der Waals surface area contributed by atoms with Crippen molar-refractivity contribution in [2.75, 3.05) is 11.1 Å². The summed E-state index contributed by atoms with van der Waals surface area (Å²) in [6.45, 7) is 4.42. The van der Waals surface area contributed by atoms with Crippen LogP contribution in [0.15, 0.2) is 17.2 Å². The smallest absolute Gasteiger partial charge is 0.242 e. The molecule has 0 aliphatic heterocycles. The lowest BCUT2D eigenvalue weighted by atomic mass is 10.4. The van der Waals surface area contributed by atoms with E-state index in [0.717, 1.165) is 5.69 Å². The molecule has 2 aromatic rings.